The number of nitrogens with one attached hydrogen (secondary N) is 1. The van der Waals surface area contributed by atoms with Crippen LogP contribution in [0.4, 0.5) is 10.7 Å². The summed E-state index contributed by atoms with van der Waals surface area (Å²) in [5.74, 6) is 2.90. The van der Waals surface area contributed by atoms with E-state index in [0.29, 0.717) is 12.5 Å². The summed E-state index contributed by atoms with van der Waals surface area (Å²) >= 11 is 0. The smallest absolute Gasteiger partial charge is 0.414 e. The first-order chi connectivity index (χ1) is 13.9. The highest BCUT2D eigenvalue weighted by atomic mass is 16.5. The molecule has 166 valence electrons. The van der Waals surface area contributed by atoms with Gasteiger partial charge < -0.3 is 9.15 Å². The Hall–Kier alpha value is -1.71. The summed E-state index contributed by atoms with van der Waals surface area (Å²) in [6, 6.07) is 3.40. The molecule has 2 atom stereocenters. The van der Waals surface area contributed by atoms with Crippen molar-refractivity contribution >= 4 is 12.0 Å². The lowest BCUT2D eigenvalue weighted by atomic mass is 9.91. The van der Waals surface area contributed by atoms with Crippen LogP contribution < -0.4 is 5.32 Å². The van der Waals surface area contributed by atoms with Crippen LogP contribution >= 0.6 is 0 Å². The summed E-state index contributed by atoms with van der Waals surface area (Å²) in [7, 11) is 0. The Morgan fingerprint density at radius 1 is 1.03 bits per heavy atom. The Bertz CT molecular complexity index is 563. The minimum atomic E-state index is -0.490. The molecule has 4 heteroatoms. The molecular weight excluding hydrogens is 362 g/mol. The monoisotopic (exact) mass is 405 g/mol. The maximum absolute atomic E-state index is 11.6. The van der Waals surface area contributed by atoms with E-state index < -0.39 is 6.09 Å². The van der Waals surface area contributed by atoms with Crippen LogP contribution in [0.25, 0.3) is 0 Å². The molecule has 1 N–H and O–H groups in total. The Kier molecular flexibility index (Phi) is 13.3. The highest BCUT2D eigenvalue weighted by molar-refractivity contribution is 5.82. The normalized spacial score (nSPS) is 14.1. The van der Waals surface area contributed by atoms with Gasteiger partial charge in [0.15, 0.2) is 0 Å². The van der Waals surface area contributed by atoms with Gasteiger partial charge in [-0.1, -0.05) is 78.2 Å². The zero-order valence-electron chi connectivity index (χ0n) is 19.3. The van der Waals surface area contributed by atoms with E-state index in [4.69, 9.17) is 9.15 Å². The van der Waals surface area contributed by atoms with Gasteiger partial charge in [-0.25, -0.2) is 4.79 Å². The van der Waals surface area contributed by atoms with E-state index in [1.54, 1.807) is 12.1 Å². The molecule has 0 unspecified atom stereocenters. The molecule has 0 fully saturated rings. The lowest BCUT2D eigenvalue weighted by Gasteiger charge is -2.15. The van der Waals surface area contributed by atoms with Crippen LogP contribution in [-0.4, -0.2) is 12.7 Å². The Labute approximate surface area is 178 Å². The number of hydrogen-bond donors (Lipinski definition) is 1. The molecule has 1 aromatic rings. The van der Waals surface area contributed by atoms with Crippen LogP contribution in [-0.2, 0) is 4.74 Å². The van der Waals surface area contributed by atoms with Crippen molar-refractivity contribution in [1.82, 2.24) is 0 Å². The van der Waals surface area contributed by atoms with Crippen LogP contribution in [0.15, 0.2) is 34.5 Å². The third kappa shape index (κ3) is 14.0. The van der Waals surface area contributed by atoms with Gasteiger partial charge in [-0.3, -0.25) is 5.32 Å². The van der Waals surface area contributed by atoms with E-state index in [0.717, 1.165) is 24.2 Å². The molecule has 0 bridgehead atoms. The number of furan rings is 1. The first-order valence-electron chi connectivity index (χ1n) is 11.5. The van der Waals surface area contributed by atoms with Gasteiger partial charge in [0.05, 0.1) is 6.26 Å². The zero-order valence-corrected chi connectivity index (χ0v) is 19.3. The minimum absolute atomic E-state index is 0.294. The van der Waals surface area contributed by atoms with Crippen molar-refractivity contribution in [3.63, 3.8) is 0 Å². The van der Waals surface area contributed by atoms with Crippen LogP contribution in [0.3, 0.4) is 0 Å². The molecule has 0 radical (unpaired) electrons. The molecule has 0 aromatic carbocycles. The quantitative estimate of drug-likeness (QED) is 0.299. The molecule has 1 amide bonds. The average molecular weight is 406 g/mol. The second-order valence-electron chi connectivity index (χ2n) is 9.11. The maximum atomic E-state index is 11.6. The first-order valence-corrected chi connectivity index (χ1v) is 11.5. The number of carbonyl (C=O) groups excluding carboxylic acids is 1. The highest BCUT2D eigenvalue weighted by Gasteiger charge is 2.07. The predicted molar refractivity (Wildman–Crippen MR) is 122 cm³/mol. The number of allylic oxidation sites excluding steroid dienone is 1. The Morgan fingerprint density at radius 2 is 1.66 bits per heavy atom. The number of amides is 1. The van der Waals surface area contributed by atoms with Crippen LogP contribution in [0.5, 0.6) is 0 Å². The van der Waals surface area contributed by atoms with Crippen molar-refractivity contribution in [3.8, 4) is 0 Å². The van der Waals surface area contributed by atoms with Crippen LogP contribution in [0, 0.1) is 17.8 Å². The fourth-order valence-electron chi connectivity index (χ4n) is 3.56. The third-order valence-electron chi connectivity index (χ3n) is 5.53. The topological polar surface area (TPSA) is 51.5 Å². The molecule has 0 saturated carbocycles. The minimum Gasteiger partial charge on any atom is -0.448 e. The summed E-state index contributed by atoms with van der Waals surface area (Å²) in [5, 5.41) is 2.54. The van der Waals surface area contributed by atoms with Gasteiger partial charge in [0.25, 0.3) is 0 Å². The van der Waals surface area contributed by atoms with Gasteiger partial charge in [0.1, 0.15) is 6.61 Å². The molecule has 0 spiro atoms. The standard InChI is InChI=1S/C25H43NO3/c1-20(2)10-6-11-21(3)12-7-13-22(4)14-8-15-23(5)17-19-29-25(27)26-24-16-9-18-28-24/h9,16-18,20-22H,6-8,10-15,19H2,1-5H3,(H,26,27)/b23-17+/t21-,22-/m1/s1. The summed E-state index contributed by atoms with van der Waals surface area (Å²) in [4.78, 5) is 11.6. The molecule has 0 aliphatic rings. The molecular formula is C25H43NO3. The molecule has 4 nitrogen and oxygen atoms in total. The number of rotatable bonds is 15. The average Bonchev–Trinajstić information content (AvgIpc) is 3.14. The molecule has 0 saturated heterocycles. The lowest BCUT2D eigenvalue weighted by molar-refractivity contribution is 0.173. The highest BCUT2D eigenvalue weighted by Crippen LogP contribution is 2.22. The largest absolute Gasteiger partial charge is 0.448 e. The molecule has 1 heterocycles. The maximum Gasteiger partial charge on any atom is 0.414 e. The van der Waals surface area contributed by atoms with E-state index in [-0.39, 0.29) is 0 Å². The van der Waals surface area contributed by atoms with Gasteiger partial charge >= 0.3 is 6.09 Å². The van der Waals surface area contributed by atoms with E-state index in [1.807, 2.05) is 6.08 Å². The van der Waals surface area contributed by atoms with Gasteiger partial charge in [-0.15, -0.1) is 0 Å². The third-order valence-corrected chi connectivity index (χ3v) is 5.53. The molecule has 1 rings (SSSR count). The summed E-state index contributed by atoms with van der Waals surface area (Å²) in [6.07, 6.45) is 14.8. The Balaban J connectivity index is 2.03. The number of ether oxygens (including phenoxy) is 1. The molecule has 0 aliphatic carbocycles. The molecule has 29 heavy (non-hydrogen) atoms. The number of carbonyl (C=O) groups is 1. The second kappa shape index (κ2) is 15.2. The molecule has 1 aromatic heterocycles. The van der Waals surface area contributed by atoms with Gasteiger partial charge in [0, 0.05) is 6.07 Å². The van der Waals surface area contributed by atoms with Crippen molar-refractivity contribution in [2.75, 3.05) is 11.9 Å². The van der Waals surface area contributed by atoms with Crippen molar-refractivity contribution in [3.05, 3.63) is 30.0 Å². The van der Waals surface area contributed by atoms with Crippen molar-refractivity contribution < 1.29 is 13.9 Å². The van der Waals surface area contributed by atoms with Crippen LogP contribution in [0.1, 0.15) is 92.4 Å². The van der Waals surface area contributed by atoms with E-state index in [9.17, 15) is 4.79 Å². The number of hydrogen-bond acceptors (Lipinski definition) is 3. The van der Waals surface area contributed by atoms with Gasteiger partial charge in [0.2, 0.25) is 5.88 Å². The summed E-state index contributed by atoms with van der Waals surface area (Å²) in [5.41, 5.74) is 1.28. The van der Waals surface area contributed by atoms with Gasteiger partial charge in [-0.05, 0) is 49.7 Å². The SMILES string of the molecule is C/C(=C\COC(=O)Nc1ccco1)CCC[C@H](C)CCC[C@H](C)CCCC(C)C. The molecule has 0 aliphatic heterocycles. The fourth-order valence-corrected chi connectivity index (χ4v) is 3.56. The predicted octanol–water partition coefficient (Wildman–Crippen LogP) is 8.21. The zero-order chi connectivity index (χ0) is 21.5. The Morgan fingerprint density at radius 3 is 2.24 bits per heavy atom. The van der Waals surface area contributed by atoms with Crippen molar-refractivity contribution in [2.45, 2.75) is 92.4 Å². The summed E-state index contributed by atoms with van der Waals surface area (Å²) < 4.78 is 10.2. The van der Waals surface area contributed by atoms with Gasteiger partial charge in [-0.2, -0.15) is 0 Å². The van der Waals surface area contributed by atoms with E-state index in [2.05, 4.69) is 39.9 Å². The fraction of sp³-hybridized carbons (Fsp3) is 0.720. The van der Waals surface area contributed by atoms with Crippen molar-refractivity contribution in [1.29, 1.82) is 0 Å². The van der Waals surface area contributed by atoms with E-state index in [1.165, 1.54) is 63.2 Å². The number of anilines is 1. The lowest BCUT2D eigenvalue weighted by Crippen LogP contribution is -2.13. The first kappa shape index (κ1) is 25.3. The second-order valence-corrected chi connectivity index (χ2v) is 9.11. The van der Waals surface area contributed by atoms with Crippen molar-refractivity contribution in [2.24, 2.45) is 17.8 Å². The van der Waals surface area contributed by atoms with Crippen LogP contribution in [0.2, 0.25) is 0 Å². The van der Waals surface area contributed by atoms with E-state index >= 15 is 0 Å². The summed E-state index contributed by atoms with van der Waals surface area (Å²) in [6.45, 7) is 11.8.